The first-order valence-corrected chi connectivity index (χ1v) is 8.60. The summed E-state index contributed by atoms with van der Waals surface area (Å²) in [6.07, 6.45) is 7.62. The van der Waals surface area contributed by atoms with Crippen LogP contribution in [0.3, 0.4) is 0 Å². The van der Waals surface area contributed by atoms with Gasteiger partial charge in [0, 0.05) is 5.56 Å². The van der Waals surface area contributed by atoms with E-state index < -0.39 is 0 Å². The van der Waals surface area contributed by atoms with E-state index in [9.17, 15) is 4.39 Å². The Morgan fingerprint density at radius 1 is 1.33 bits per heavy atom. The summed E-state index contributed by atoms with van der Waals surface area (Å²) in [5.74, 6) is 1.73. The predicted molar refractivity (Wildman–Crippen MR) is 92.2 cm³/mol. The average Bonchev–Trinajstić information content (AvgIpc) is 2.95. The van der Waals surface area contributed by atoms with Gasteiger partial charge in [-0.05, 0) is 62.8 Å². The zero-order valence-electron chi connectivity index (χ0n) is 14.1. The highest BCUT2D eigenvalue weighted by Crippen LogP contribution is 2.31. The minimum Gasteiger partial charge on any atom is -0.441 e. The second-order valence-corrected chi connectivity index (χ2v) is 6.51. The molecule has 0 saturated heterocycles. The van der Waals surface area contributed by atoms with E-state index in [-0.39, 0.29) is 5.82 Å². The van der Waals surface area contributed by atoms with Crippen LogP contribution in [0.5, 0.6) is 0 Å². The van der Waals surface area contributed by atoms with Crippen molar-refractivity contribution in [3.05, 3.63) is 54.2 Å². The van der Waals surface area contributed by atoms with Crippen LogP contribution in [0.4, 0.5) is 4.39 Å². The third kappa shape index (κ3) is 4.12. The first kappa shape index (κ1) is 16.9. The number of aromatic nitrogens is 1. The molecular formula is C20H24FNO2. The molecule has 2 aromatic rings. The van der Waals surface area contributed by atoms with Gasteiger partial charge in [0.1, 0.15) is 11.6 Å². The maximum absolute atomic E-state index is 13.1. The predicted octanol–water partition coefficient (Wildman–Crippen LogP) is 5.09. The lowest BCUT2D eigenvalue weighted by Gasteiger charge is -2.28. The molecular weight excluding hydrogens is 305 g/mol. The Balaban J connectivity index is 1.67. The number of rotatable bonds is 6. The summed E-state index contributed by atoms with van der Waals surface area (Å²) >= 11 is 0. The van der Waals surface area contributed by atoms with Crippen molar-refractivity contribution in [2.24, 2.45) is 5.92 Å². The van der Waals surface area contributed by atoms with Crippen LogP contribution in [0.2, 0.25) is 0 Å². The van der Waals surface area contributed by atoms with Crippen molar-refractivity contribution in [2.75, 3.05) is 6.61 Å². The number of hydrogen-bond acceptors (Lipinski definition) is 3. The fourth-order valence-electron chi connectivity index (χ4n) is 3.39. The molecule has 4 heteroatoms. The quantitative estimate of drug-likeness (QED) is 0.692. The fraction of sp³-hybridized carbons (Fsp3) is 0.450. The number of oxazole rings is 1. The van der Waals surface area contributed by atoms with Gasteiger partial charge in [-0.3, -0.25) is 0 Å². The van der Waals surface area contributed by atoms with Gasteiger partial charge in [-0.25, -0.2) is 9.37 Å². The lowest BCUT2D eigenvalue weighted by molar-refractivity contribution is 0.0291. The van der Waals surface area contributed by atoms with Gasteiger partial charge in [0.25, 0.3) is 0 Å². The molecule has 1 heterocycles. The molecule has 0 bridgehead atoms. The van der Waals surface area contributed by atoms with Crippen molar-refractivity contribution in [1.82, 2.24) is 4.98 Å². The largest absolute Gasteiger partial charge is 0.441 e. The van der Waals surface area contributed by atoms with Crippen molar-refractivity contribution in [1.29, 1.82) is 0 Å². The van der Waals surface area contributed by atoms with Crippen molar-refractivity contribution in [2.45, 2.75) is 45.1 Å². The molecule has 1 fully saturated rings. The van der Waals surface area contributed by atoms with E-state index in [1.165, 1.54) is 25.0 Å². The third-order valence-electron chi connectivity index (χ3n) is 4.65. The summed E-state index contributed by atoms with van der Waals surface area (Å²) in [6, 6.07) is 6.25. The molecule has 128 valence electrons. The Labute approximate surface area is 142 Å². The van der Waals surface area contributed by atoms with Crippen LogP contribution in [-0.4, -0.2) is 17.7 Å². The zero-order chi connectivity index (χ0) is 16.9. The van der Waals surface area contributed by atoms with Gasteiger partial charge in [-0.15, -0.1) is 6.58 Å². The van der Waals surface area contributed by atoms with Crippen LogP contribution in [-0.2, 0) is 11.2 Å². The molecule has 0 radical (unpaired) electrons. The van der Waals surface area contributed by atoms with Gasteiger partial charge in [0.15, 0.2) is 0 Å². The Hall–Kier alpha value is -1.94. The van der Waals surface area contributed by atoms with Crippen LogP contribution in [0.1, 0.15) is 37.1 Å². The SMILES string of the molecule is C=CCO[C@@H]1CCC[C@H](Cc2nc(-c3ccc(F)cc3)oc2C)C1. The van der Waals surface area contributed by atoms with Crippen LogP contribution >= 0.6 is 0 Å². The highest BCUT2D eigenvalue weighted by Gasteiger charge is 2.24. The van der Waals surface area contributed by atoms with Gasteiger partial charge in [-0.2, -0.15) is 0 Å². The monoisotopic (exact) mass is 329 g/mol. The molecule has 0 aliphatic heterocycles. The first-order valence-electron chi connectivity index (χ1n) is 8.60. The highest BCUT2D eigenvalue weighted by molar-refractivity contribution is 5.53. The summed E-state index contributed by atoms with van der Waals surface area (Å²) in [6.45, 7) is 6.28. The normalized spacial score (nSPS) is 20.9. The highest BCUT2D eigenvalue weighted by atomic mass is 19.1. The Morgan fingerprint density at radius 2 is 2.12 bits per heavy atom. The van der Waals surface area contributed by atoms with E-state index in [0.29, 0.717) is 24.5 Å². The Morgan fingerprint density at radius 3 is 2.88 bits per heavy atom. The van der Waals surface area contributed by atoms with E-state index in [1.807, 2.05) is 6.92 Å². The van der Waals surface area contributed by atoms with Crippen LogP contribution in [0.25, 0.3) is 11.5 Å². The van der Waals surface area contributed by atoms with E-state index >= 15 is 0 Å². The number of nitrogens with zero attached hydrogens (tertiary/aromatic N) is 1. The van der Waals surface area contributed by atoms with Crippen LogP contribution < -0.4 is 0 Å². The molecule has 1 saturated carbocycles. The zero-order valence-corrected chi connectivity index (χ0v) is 14.1. The lowest BCUT2D eigenvalue weighted by atomic mass is 9.84. The smallest absolute Gasteiger partial charge is 0.226 e. The van der Waals surface area contributed by atoms with Crippen LogP contribution in [0.15, 0.2) is 41.3 Å². The molecule has 1 aliphatic rings. The molecule has 24 heavy (non-hydrogen) atoms. The second kappa shape index (κ2) is 7.75. The Bertz CT molecular complexity index is 677. The van der Waals surface area contributed by atoms with Crippen molar-refractivity contribution in [3.63, 3.8) is 0 Å². The van der Waals surface area contributed by atoms with Crippen molar-refractivity contribution < 1.29 is 13.5 Å². The van der Waals surface area contributed by atoms with Crippen molar-refractivity contribution in [3.8, 4) is 11.5 Å². The topological polar surface area (TPSA) is 35.3 Å². The number of aryl methyl sites for hydroxylation is 1. The molecule has 0 amide bonds. The van der Waals surface area contributed by atoms with Gasteiger partial charge >= 0.3 is 0 Å². The van der Waals surface area contributed by atoms with Gasteiger partial charge in [-0.1, -0.05) is 12.5 Å². The summed E-state index contributed by atoms with van der Waals surface area (Å²) in [7, 11) is 0. The molecule has 0 N–H and O–H groups in total. The molecule has 3 nitrogen and oxygen atoms in total. The summed E-state index contributed by atoms with van der Waals surface area (Å²) in [5, 5.41) is 0. The number of hydrogen-bond donors (Lipinski definition) is 0. The molecule has 1 aromatic carbocycles. The van der Waals surface area contributed by atoms with Gasteiger partial charge in [0.05, 0.1) is 18.4 Å². The minimum absolute atomic E-state index is 0.255. The third-order valence-corrected chi connectivity index (χ3v) is 4.65. The van der Waals surface area contributed by atoms with Crippen molar-refractivity contribution >= 4 is 0 Å². The van der Waals surface area contributed by atoms with E-state index in [4.69, 9.17) is 9.15 Å². The van der Waals surface area contributed by atoms with E-state index in [1.54, 1.807) is 18.2 Å². The lowest BCUT2D eigenvalue weighted by Crippen LogP contribution is -2.24. The average molecular weight is 329 g/mol. The minimum atomic E-state index is -0.255. The molecule has 1 aromatic heterocycles. The van der Waals surface area contributed by atoms with E-state index in [2.05, 4.69) is 11.6 Å². The first-order chi connectivity index (χ1) is 11.7. The number of benzene rings is 1. The maximum Gasteiger partial charge on any atom is 0.226 e. The van der Waals surface area contributed by atoms with Gasteiger partial charge in [0.2, 0.25) is 5.89 Å². The standard InChI is InChI=1S/C20H24FNO2/c1-3-11-23-18-6-4-5-15(12-18)13-19-14(2)24-20(22-19)16-7-9-17(21)10-8-16/h3,7-10,15,18H,1,4-6,11-13H2,2H3/t15-,18+/m0/s1. The fourth-order valence-corrected chi connectivity index (χ4v) is 3.39. The molecule has 1 aliphatic carbocycles. The summed E-state index contributed by atoms with van der Waals surface area (Å²) in [5.41, 5.74) is 1.81. The summed E-state index contributed by atoms with van der Waals surface area (Å²) in [4.78, 5) is 4.64. The molecule has 3 rings (SSSR count). The van der Waals surface area contributed by atoms with Gasteiger partial charge < -0.3 is 9.15 Å². The second-order valence-electron chi connectivity index (χ2n) is 6.51. The Kier molecular flexibility index (Phi) is 5.46. The van der Waals surface area contributed by atoms with Crippen LogP contribution in [0, 0.1) is 18.7 Å². The number of halogens is 1. The maximum atomic E-state index is 13.1. The van der Waals surface area contributed by atoms with E-state index in [0.717, 1.165) is 36.3 Å². The molecule has 0 unspecified atom stereocenters. The number of ether oxygens (including phenoxy) is 1. The molecule has 0 spiro atoms. The summed E-state index contributed by atoms with van der Waals surface area (Å²) < 4.78 is 24.7. The molecule has 2 atom stereocenters.